The van der Waals surface area contributed by atoms with Crippen molar-refractivity contribution in [2.24, 2.45) is 0 Å². The van der Waals surface area contributed by atoms with Gasteiger partial charge in [0, 0.05) is 14.7 Å². The molecule has 0 aromatic heterocycles. The van der Waals surface area contributed by atoms with Gasteiger partial charge in [-0.25, -0.2) is 0 Å². The van der Waals surface area contributed by atoms with E-state index in [9.17, 15) is 39.6 Å². The first kappa shape index (κ1) is 26.7. The molecular weight excluding hydrogens is 416 g/mol. The van der Waals surface area contributed by atoms with E-state index in [4.69, 9.17) is 9.47 Å². The monoisotopic (exact) mass is 448 g/mol. The summed E-state index contributed by atoms with van der Waals surface area (Å²) >= 11 is 0. The highest BCUT2D eigenvalue weighted by atomic mass is 28.3. The number of ketones is 4. The van der Waals surface area contributed by atoms with E-state index in [0.29, 0.717) is 6.04 Å². The van der Waals surface area contributed by atoms with Crippen LogP contribution in [-0.4, -0.2) is 93.5 Å². The van der Waals surface area contributed by atoms with E-state index in [1.807, 2.05) is 19.6 Å². The van der Waals surface area contributed by atoms with E-state index >= 15 is 0 Å². The van der Waals surface area contributed by atoms with Gasteiger partial charge in [0.1, 0.15) is 12.2 Å². The van der Waals surface area contributed by atoms with Crippen LogP contribution in [0.5, 0.6) is 0 Å². The molecule has 1 heterocycles. The molecule has 30 heavy (non-hydrogen) atoms. The van der Waals surface area contributed by atoms with E-state index < -0.39 is 66.5 Å². The summed E-state index contributed by atoms with van der Waals surface area (Å²) < 4.78 is 10.9. The molecule has 4 N–H and O–H groups in total. The number of Topliss-reactive ketones (excluding diaryl/α,β-unsaturated/α-hetero) is 4. The maximum atomic E-state index is 12.5. The quantitative estimate of drug-likeness (QED) is 0.320. The largest absolute Gasteiger partial charge is 0.382 e. The summed E-state index contributed by atoms with van der Waals surface area (Å²) in [5, 5.41) is 44.0. The fourth-order valence-corrected chi connectivity index (χ4v) is 4.29. The molecule has 0 radical (unpaired) electrons. The maximum absolute atomic E-state index is 12.5. The Morgan fingerprint density at radius 1 is 0.933 bits per heavy atom. The number of carbonyl (C=O) groups is 4. The first-order valence-electron chi connectivity index (χ1n) is 9.54. The molecule has 1 unspecified atom stereocenters. The van der Waals surface area contributed by atoms with Crippen molar-refractivity contribution in [1.29, 1.82) is 0 Å². The van der Waals surface area contributed by atoms with Crippen molar-refractivity contribution >= 4 is 31.2 Å². The van der Waals surface area contributed by atoms with Gasteiger partial charge in [-0.15, -0.1) is 0 Å². The Morgan fingerprint density at radius 2 is 1.40 bits per heavy atom. The molecule has 6 atom stereocenters. The van der Waals surface area contributed by atoms with Crippen LogP contribution in [0.25, 0.3) is 0 Å². The van der Waals surface area contributed by atoms with Crippen molar-refractivity contribution in [2.75, 3.05) is 6.61 Å². The van der Waals surface area contributed by atoms with Crippen LogP contribution in [0.15, 0.2) is 0 Å². The Morgan fingerprint density at radius 3 is 1.73 bits per heavy atom. The van der Waals surface area contributed by atoms with Gasteiger partial charge in [0.05, 0.1) is 0 Å². The van der Waals surface area contributed by atoms with E-state index in [2.05, 4.69) is 0 Å². The minimum Gasteiger partial charge on any atom is -0.382 e. The van der Waals surface area contributed by atoms with Crippen LogP contribution in [0, 0.1) is 0 Å². The number of aliphatic hydroxyl groups excluding tert-OH is 1. The number of ether oxygens (including phenoxy) is 2. The fourth-order valence-electron chi connectivity index (χ4n) is 3.56. The molecule has 0 aromatic carbocycles. The molecule has 1 rings (SSSR count). The van der Waals surface area contributed by atoms with E-state index in [1.165, 1.54) is 0 Å². The zero-order chi connectivity index (χ0) is 23.9. The molecule has 0 aromatic rings. The molecular formula is C19H32O10Si. The van der Waals surface area contributed by atoms with E-state index in [-0.39, 0.29) is 6.61 Å². The average molecular weight is 449 g/mol. The van der Waals surface area contributed by atoms with Gasteiger partial charge in [-0.2, -0.15) is 0 Å². The first-order chi connectivity index (χ1) is 13.4. The van der Waals surface area contributed by atoms with Crippen LogP contribution in [0.3, 0.4) is 0 Å². The number of carbonyl (C=O) groups excluding carboxylic acids is 4. The first-order valence-corrected chi connectivity index (χ1v) is 13.3. The van der Waals surface area contributed by atoms with Crippen molar-refractivity contribution in [3.8, 4) is 0 Å². The molecule has 0 aliphatic carbocycles. The summed E-state index contributed by atoms with van der Waals surface area (Å²) in [6.07, 6.45) is -6.39. The van der Waals surface area contributed by atoms with Crippen LogP contribution < -0.4 is 0 Å². The summed E-state index contributed by atoms with van der Waals surface area (Å²) in [6, 6.07) is 0.538. The number of hydrogen-bond donors (Lipinski definition) is 4. The molecule has 0 saturated carbocycles. The topological polar surface area (TPSA) is 168 Å². The minimum atomic E-state index is -3.46. The molecule has 0 amide bonds. The predicted octanol–water partition coefficient (Wildman–Crippen LogP) is -1.02. The number of aliphatic hydroxyl groups is 4. The van der Waals surface area contributed by atoms with Crippen molar-refractivity contribution in [2.45, 2.75) is 88.7 Å². The van der Waals surface area contributed by atoms with Gasteiger partial charge in [-0.05, 0) is 33.7 Å². The zero-order valence-corrected chi connectivity index (χ0v) is 19.4. The summed E-state index contributed by atoms with van der Waals surface area (Å²) in [4.78, 5) is 49.2. The number of rotatable bonds is 9. The second kappa shape index (κ2) is 8.65. The van der Waals surface area contributed by atoms with Gasteiger partial charge in [0.15, 0.2) is 35.0 Å². The molecule has 1 aliphatic rings. The van der Waals surface area contributed by atoms with Gasteiger partial charge in [-0.1, -0.05) is 19.6 Å². The average Bonchev–Trinajstić information content (AvgIpc) is 2.59. The lowest BCUT2D eigenvalue weighted by molar-refractivity contribution is -0.372. The lowest BCUT2D eigenvalue weighted by Crippen LogP contribution is -2.87. The molecule has 0 spiro atoms. The zero-order valence-electron chi connectivity index (χ0n) is 18.4. The van der Waals surface area contributed by atoms with Gasteiger partial charge in [-0.3, -0.25) is 19.2 Å². The molecule has 1 fully saturated rings. The van der Waals surface area contributed by atoms with Crippen LogP contribution in [0.4, 0.5) is 0 Å². The Hall–Kier alpha value is -1.34. The molecule has 0 bridgehead atoms. The molecule has 11 heteroatoms. The summed E-state index contributed by atoms with van der Waals surface area (Å²) in [5.41, 5.74) is -9.96. The second-order valence-corrected chi connectivity index (χ2v) is 14.7. The molecule has 172 valence electrons. The SMILES string of the molecule is CC(=O)C(O)[C@H]1O[C@H](OCC[Si](C)(C)C)[C@@](O)(C(C)=O)[C@](O)(C(C)=O)[C@]1(O)C(C)=O. The summed E-state index contributed by atoms with van der Waals surface area (Å²) in [6.45, 7) is 9.31. The third kappa shape index (κ3) is 4.07. The Kier molecular flexibility index (Phi) is 7.70. The van der Waals surface area contributed by atoms with Gasteiger partial charge in [0.2, 0.25) is 11.2 Å². The molecule has 1 aliphatic heterocycles. The Labute approximate surface area is 176 Å². The van der Waals surface area contributed by atoms with Gasteiger partial charge in [0.25, 0.3) is 0 Å². The lowest BCUT2D eigenvalue weighted by Gasteiger charge is -2.58. The van der Waals surface area contributed by atoms with E-state index in [0.717, 1.165) is 27.7 Å². The summed E-state index contributed by atoms with van der Waals surface area (Å²) in [5.74, 6) is -4.81. The van der Waals surface area contributed by atoms with Crippen molar-refractivity contribution < 1.29 is 49.1 Å². The predicted molar refractivity (Wildman–Crippen MR) is 106 cm³/mol. The van der Waals surface area contributed by atoms with Crippen LogP contribution >= 0.6 is 0 Å². The highest BCUT2D eigenvalue weighted by molar-refractivity contribution is 6.76. The normalized spacial score (nSPS) is 35.6. The van der Waals surface area contributed by atoms with Crippen molar-refractivity contribution in [1.82, 2.24) is 0 Å². The third-order valence-corrected chi connectivity index (χ3v) is 7.24. The molecule has 1 saturated heterocycles. The van der Waals surface area contributed by atoms with Crippen LogP contribution in [0.2, 0.25) is 25.7 Å². The third-order valence-electron chi connectivity index (χ3n) is 5.53. The molecule has 10 nitrogen and oxygen atoms in total. The Balaban J connectivity index is 3.74. The maximum Gasteiger partial charge on any atom is 0.213 e. The van der Waals surface area contributed by atoms with Gasteiger partial charge >= 0.3 is 0 Å². The van der Waals surface area contributed by atoms with Crippen molar-refractivity contribution in [3.63, 3.8) is 0 Å². The lowest BCUT2D eigenvalue weighted by atomic mass is 9.60. The van der Waals surface area contributed by atoms with Crippen molar-refractivity contribution in [3.05, 3.63) is 0 Å². The van der Waals surface area contributed by atoms with Crippen LogP contribution in [-0.2, 0) is 28.7 Å². The highest BCUT2D eigenvalue weighted by Crippen LogP contribution is 2.47. The van der Waals surface area contributed by atoms with E-state index in [1.54, 1.807) is 0 Å². The van der Waals surface area contributed by atoms with Crippen LogP contribution in [0.1, 0.15) is 27.7 Å². The fraction of sp³-hybridized carbons (Fsp3) is 0.789. The smallest absolute Gasteiger partial charge is 0.213 e. The van der Waals surface area contributed by atoms with Gasteiger partial charge < -0.3 is 29.9 Å². The summed E-state index contributed by atoms with van der Waals surface area (Å²) in [7, 11) is -1.66. The second-order valence-electron chi connectivity index (χ2n) is 9.04. The highest BCUT2D eigenvalue weighted by Gasteiger charge is 2.79. The minimum absolute atomic E-state index is 0.0502. The Bertz CT molecular complexity index is 731. The standard InChI is InChI=1S/C19H32O10Si/c1-10(20)14(24)15-17(25,11(2)21)19(27,13(4)23)18(26,12(3)22)16(29-15)28-8-9-30(5,6)7/h14-16,24-27H,8-9H2,1-7H3/t14?,15-,16+,17+,18+,19+/m1/s1. The number of hydrogen-bond acceptors (Lipinski definition) is 10.